The molecule has 0 aromatic heterocycles. The summed E-state index contributed by atoms with van der Waals surface area (Å²) in [6, 6.07) is 16.7. The minimum atomic E-state index is -0.256. The van der Waals surface area contributed by atoms with Gasteiger partial charge in [-0.05, 0) is 34.7 Å². The van der Waals surface area contributed by atoms with Crippen molar-refractivity contribution in [3.8, 4) is 16.9 Å². The van der Waals surface area contributed by atoms with E-state index in [0.717, 1.165) is 27.6 Å². The fourth-order valence-electron chi connectivity index (χ4n) is 2.59. The Balaban J connectivity index is 2.26. The first kappa shape index (κ1) is 13.6. The molecule has 2 nitrogen and oxygen atoms in total. The van der Waals surface area contributed by atoms with E-state index in [4.69, 9.17) is 10.5 Å². The molecular weight excluding hydrogens is 265 g/mol. The fraction of sp³-hybridized carbons (Fsp3) is 0.111. The molecular formula is C18H16FNO. The van der Waals surface area contributed by atoms with Crippen molar-refractivity contribution in [1.82, 2.24) is 0 Å². The molecule has 3 aromatic rings. The maximum atomic E-state index is 14.3. The van der Waals surface area contributed by atoms with Crippen LogP contribution in [0.3, 0.4) is 0 Å². The average molecular weight is 281 g/mol. The van der Waals surface area contributed by atoms with Gasteiger partial charge in [0.05, 0.1) is 7.11 Å². The van der Waals surface area contributed by atoms with Crippen molar-refractivity contribution >= 4 is 10.8 Å². The van der Waals surface area contributed by atoms with Crippen molar-refractivity contribution in [1.29, 1.82) is 0 Å². The van der Waals surface area contributed by atoms with Crippen molar-refractivity contribution < 1.29 is 9.13 Å². The molecule has 3 heteroatoms. The zero-order chi connectivity index (χ0) is 14.8. The maximum Gasteiger partial charge on any atom is 0.131 e. The van der Waals surface area contributed by atoms with E-state index in [0.29, 0.717) is 12.1 Å². The molecule has 0 heterocycles. The highest BCUT2D eigenvalue weighted by atomic mass is 19.1. The predicted octanol–water partition coefficient (Wildman–Crippen LogP) is 4.11. The van der Waals surface area contributed by atoms with Gasteiger partial charge in [-0.15, -0.1) is 0 Å². The van der Waals surface area contributed by atoms with Crippen molar-refractivity contribution in [3.05, 3.63) is 66.0 Å². The third kappa shape index (κ3) is 2.36. The molecule has 0 aliphatic heterocycles. The quantitative estimate of drug-likeness (QED) is 0.784. The largest absolute Gasteiger partial charge is 0.496 e. The Hall–Kier alpha value is -2.39. The Labute approximate surface area is 123 Å². The third-order valence-electron chi connectivity index (χ3n) is 3.66. The van der Waals surface area contributed by atoms with E-state index in [1.165, 1.54) is 6.07 Å². The molecule has 106 valence electrons. The van der Waals surface area contributed by atoms with Crippen LogP contribution in [0.15, 0.2) is 54.6 Å². The lowest BCUT2D eigenvalue weighted by Gasteiger charge is -2.12. The van der Waals surface area contributed by atoms with Crippen LogP contribution in [0.5, 0.6) is 5.75 Å². The normalized spacial score (nSPS) is 10.8. The molecule has 0 saturated carbocycles. The van der Waals surface area contributed by atoms with Gasteiger partial charge >= 0.3 is 0 Å². The summed E-state index contributed by atoms with van der Waals surface area (Å²) < 4.78 is 19.7. The van der Waals surface area contributed by atoms with Gasteiger partial charge in [0.2, 0.25) is 0 Å². The zero-order valence-corrected chi connectivity index (χ0v) is 11.8. The zero-order valence-electron chi connectivity index (χ0n) is 11.8. The number of hydrogen-bond donors (Lipinski definition) is 1. The van der Waals surface area contributed by atoms with Gasteiger partial charge in [-0.1, -0.05) is 36.4 Å². The van der Waals surface area contributed by atoms with Gasteiger partial charge in [-0.2, -0.15) is 0 Å². The van der Waals surface area contributed by atoms with E-state index < -0.39 is 0 Å². The van der Waals surface area contributed by atoms with Crippen molar-refractivity contribution in [3.63, 3.8) is 0 Å². The molecule has 0 spiro atoms. The molecule has 0 radical (unpaired) electrons. The highest BCUT2D eigenvalue weighted by molar-refractivity contribution is 6.00. The average Bonchev–Trinajstić information content (AvgIpc) is 2.54. The van der Waals surface area contributed by atoms with E-state index in [9.17, 15) is 4.39 Å². The number of benzene rings is 3. The van der Waals surface area contributed by atoms with Crippen LogP contribution in [0, 0.1) is 5.82 Å². The SMILES string of the molecule is COc1ccc(-c2ccc(CN)cc2F)c2ccccc12. The van der Waals surface area contributed by atoms with Crippen LogP contribution in [0.4, 0.5) is 4.39 Å². The molecule has 2 N–H and O–H groups in total. The summed E-state index contributed by atoms with van der Waals surface area (Å²) in [5, 5.41) is 1.94. The van der Waals surface area contributed by atoms with Crippen LogP contribution in [-0.4, -0.2) is 7.11 Å². The summed E-state index contributed by atoms with van der Waals surface area (Å²) in [7, 11) is 1.64. The molecule has 0 aliphatic rings. The van der Waals surface area contributed by atoms with Crippen molar-refractivity contribution in [2.45, 2.75) is 6.54 Å². The Bertz CT molecular complexity index is 798. The van der Waals surface area contributed by atoms with Crippen molar-refractivity contribution in [2.24, 2.45) is 5.73 Å². The van der Waals surface area contributed by atoms with Gasteiger partial charge in [-0.3, -0.25) is 0 Å². The minimum absolute atomic E-state index is 0.256. The second-order valence-corrected chi connectivity index (χ2v) is 4.88. The van der Waals surface area contributed by atoms with Gasteiger partial charge in [0.25, 0.3) is 0 Å². The number of rotatable bonds is 3. The second-order valence-electron chi connectivity index (χ2n) is 4.88. The van der Waals surface area contributed by atoms with Crippen molar-refractivity contribution in [2.75, 3.05) is 7.11 Å². The molecule has 3 aromatic carbocycles. The summed E-state index contributed by atoms with van der Waals surface area (Å²) in [4.78, 5) is 0. The highest BCUT2D eigenvalue weighted by Crippen LogP contribution is 2.35. The molecule has 0 fully saturated rings. The number of halogens is 1. The highest BCUT2D eigenvalue weighted by Gasteiger charge is 2.11. The number of fused-ring (bicyclic) bond motifs is 1. The van der Waals surface area contributed by atoms with E-state index in [-0.39, 0.29) is 5.82 Å². The lowest BCUT2D eigenvalue weighted by atomic mass is 9.96. The molecule has 0 unspecified atom stereocenters. The summed E-state index contributed by atoms with van der Waals surface area (Å²) in [6.45, 7) is 0.334. The van der Waals surface area contributed by atoms with E-state index in [1.54, 1.807) is 13.2 Å². The molecule has 0 amide bonds. The summed E-state index contributed by atoms with van der Waals surface area (Å²) >= 11 is 0. The van der Waals surface area contributed by atoms with Gasteiger partial charge in [0.1, 0.15) is 11.6 Å². The van der Waals surface area contributed by atoms with Gasteiger partial charge < -0.3 is 10.5 Å². The van der Waals surface area contributed by atoms with Crippen LogP contribution < -0.4 is 10.5 Å². The molecule has 3 rings (SSSR count). The summed E-state index contributed by atoms with van der Waals surface area (Å²) in [6.07, 6.45) is 0. The topological polar surface area (TPSA) is 35.2 Å². The standard InChI is InChI=1S/C18H16FNO/c1-21-18-9-8-14(13-4-2-3-5-16(13)18)15-7-6-12(11-20)10-17(15)19/h2-10H,11,20H2,1H3. The minimum Gasteiger partial charge on any atom is -0.496 e. The molecule has 0 aliphatic carbocycles. The number of methoxy groups -OCH3 is 1. The number of nitrogens with two attached hydrogens (primary N) is 1. The first-order valence-electron chi connectivity index (χ1n) is 6.79. The molecule has 21 heavy (non-hydrogen) atoms. The van der Waals surface area contributed by atoms with Crippen LogP contribution in [0.2, 0.25) is 0 Å². The van der Waals surface area contributed by atoms with Crippen LogP contribution >= 0.6 is 0 Å². The lowest BCUT2D eigenvalue weighted by molar-refractivity contribution is 0.420. The smallest absolute Gasteiger partial charge is 0.131 e. The first-order chi connectivity index (χ1) is 10.2. The summed E-state index contributed by atoms with van der Waals surface area (Å²) in [5.41, 5.74) is 7.77. The summed E-state index contributed by atoms with van der Waals surface area (Å²) in [5.74, 6) is 0.529. The number of hydrogen-bond acceptors (Lipinski definition) is 2. The van der Waals surface area contributed by atoms with Gasteiger partial charge in [-0.25, -0.2) is 4.39 Å². The second kappa shape index (κ2) is 5.54. The Morgan fingerprint density at radius 2 is 1.67 bits per heavy atom. The van der Waals surface area contributed by atoms with Gasteiger partial charge in [0.15, 0.2) is 0 Å². The fourth-order valence-corrected chi connectivity index (χ4v) is 2.59. The van der Waals surface area contributed by atoms with E-state index in [2.05, 4.69) is 0 Å². The third-order valence-corrected chi connectivity index (χ3v) is 3.66. The van der Waals surface area contributed by atoms with Gasteiger partial charge in [0, 0.05) is 17.5 Å². The van der Waals surface area contributed by atoms with E-state index >= 15 is 0 Å². The van der Waals surface area contributed by atoms with Crippen LogP contribution in [0.25, 0.3) is 21.9 Å². The van der Waals surface area contributed by atoms with Crippen LogP contribution in [-0.2, 0) is 6.54 Å². The number of ether oxygens (including phenoxy) is 1. The monoisotopic (exact) mass is 281 g/mol. The predicted molar refractivity (Wildman–Crippen MR) is 83.8 cm³/mol. The van der Waals surface area contributed by atoms with Crippen LogP contribution in [0.1, 0.15) is 5.56 Å². The first-order valence-corrected chi connectivity index (χ1v) is 6.79. The Kier molecular flexibility index (Phi) is 3.59. The molecule has 0 bridgehead atoms. The molecule has 0 atom stereocenters. The molecule has 0 saturated heterocycles. The Morgan fingerprint density at radius 3 is 2.33 bits per heavy atom. The van der Waals surface area contributed by atoms with E-state index in [1.807, 2.05) is 42.5 Å². The Morgan fingerprint density at radius 1 is 0.952 bits per heavy atom. The lowest BCUT2D eigenvalue weighted by Crippen LogP contribution is -1.97. The maximum absolute atomic E-state index is 14.3.